The number of nitrogens with zero attached hydrogens (tertiary/aromatic N) is 1. The first kappa shape index (κ1) is 17.1. The molecule has 5 nitrogen and oxygen atoms in total. The van der Waals surface area contributed by atoms with Crippen LogP contribution in [0, 0.1) is 10.1 Å². The Morgan fingerprint density at radius 3 is 2.15 bits per heavy atom. The van der Waals surface area contributed by atoms with Gasteiger partial charge in [0.2, 0.25) is 5.78 Å². The summed E-state index contributed by atoms with van der Waals surface area (Å²) in [6.45, 7) is -0.0944. The molecule has 0 aromatic heterocycles. The zero-order chi connectivity index (χ0) is 14.8. The van der Waals surface area contributed by atoms with Gasteiger partial charge in [0.15, 0.2) is 0 Å². The molecule has 20 heavy (non-hydrogen) atoms. The minimum Gasteiger partial charge on any atom is -0.396 e. The third kappa shape index (κ3) is 4.85. The van der Waals surface area contributed by atoms with Gasteiger partial charge in [0.1, 0.15) is 0 Å². The van der Waals surface area contributed by atoms with Crippen molar-refractivity contribution in [1.29, 1.82) is 0 Å². The fraction of sp³-hybridized carbons (Fsp3) is 0.933. The lowest BCUT2D eigenvalue weighted by Gasteiger charge is -2.24. The molecule has 0 amide bonds. The molecule has 1 atom stereocenters. The van der Waals surface area contributed by atoms with Gasteiger partial charge < -0.3 is 5.11 Å². The average molecular weight is 285 g/mol. The van der Waals surface area contributed by atoms with E-state index in [4.69, 9.17) is 5.11 Å². The minimum absolute atomic E-state index is 0.0944. The molecule has 0 aromatic carbocycles. The Kier molecular flexibility index (Phi) is 7.73. The van der Waals surface area contributed by atoms with E-state index >= 15 is 0 Å². The molecule has 0 spiro atoms. The summed E-state index contributed by atoms with van der Waals surface area (Å²) in [6, 6.07) is 0. The summed E-state index contributed by atoms with van der Waals surface area (Å²) >= 11 is 0. The van der Waals surface area contributed by atoms with Crippen LogP contribution in [0.2, 0.25) is 0 Å². The lowest BCUT2D eigenvalue weighted by atomic mass is 9.81. The number of hydrogen-bond donors (Lipinski definition) is 1. The second-order valence-corrected chi connectivity index (χ2v) is 5.87. The Balaban J connectivity index is 2.79. The number of hydrogen-bond acceptors (Lipinski definition) is 4. The van der Waals surface area contributed by atoms with Gasteiger partial charge in [-0.05, 0) is 19.3 Å². The van der Waals surface area contributed by atoms with Gasteiger partial charge in [-0.3, -0.25) is 14.9 Å². The second kappa shape index (κ2) is 9.06. The Morgan fingerprint density at radius 1 is 1.05 bits per heavy atom. The molecule has 0 heterocycles. The molecular formula is C15H27NO4. The van der Waals surface area contributed by atoms with Crippen LogP contribution in [0.4, 0.5) is 0 Å². The van der Waals surface area contributed by atoms with E-state index < -0.39 is 5.54 Å². The Hall–Kier alpha value is -0.970. The highest BCUT2D eigenvalue weighted by molar-refractivity contribution is 5.87. The zero-order valence-electron chi connectivity index (χ0n) is 12.3. The third-order valence-corrected chi connectivity index (χ3v) is 4.36. The highest BCUT2D eigenvalue weighted by Crippen LogP contribution is 2.29. The van der Waals surface area contributed by atoms with Gasteiger partial charge in [-0.15, -0.1) is 0 Å². The van der Waals surface area contributed by atoms with Crippen molar-refractivity contribution in [2.24, 2.45) is 0 Å². The van der Waals surface area contributed by atoms with Crippen molar-refractivity contribution in [2.45, 2.75) is 82.6 Å². The quantitative estimate of drug-likeness (QED) is 0.635. The molecule has 1 unspecified atom stereocenters. The van der Waals surface area contributed by atoms with E-state index in [1.165, 1.54) is 12.8 Å². The summed E-state index contributed by atoms with van der Waals surface area (Å²) in [5.74, 6) is -0.225. The maximum atomic E-state index is 12.4. The molecule has 1 aliphatic rings. The second-order valence-electron chi connectivity index (χ2n) is 5.87. The highest BCUT2D eigenvalue weighted by atomic mass is 16.6. The molecule has 1 saturated carbocycles. The number of aliphatic hydroxyl groups is 1. The van der Waals surface area contributed by atoms with Crippen LogP contribution >= 0.6 is 0 Å². The van der Waals surface area contributed by atoms with Gasteiger partial charge in [-0.2, -0.15) is 0 Å². The van der Waals surface area contributed by atoms with E-state index in [2.05, 4.69) is 0 Å². The van der Waals surface area contributed by atoms with Crippen molar-refractivity contribution < 1.29 is 14.8 Å². The summed E-state index contributed by atoms with van der Waals surface area (Å²) in [4.78, 5) is 23.5. The maximum Gasteiger partial charge on any atom is 0.279 e. The number of carbonyl (C=O) groups excluding carboxylic acids is 1. The predicted octanol–water partition coefficient (Wildman–Crippen LogP) is 3.26. The van der Waals surface area contributed by atoms with Crippen molar-refractivity contribution in [3.8, 4) is 0 Å². The van der Waals surface area contributed by atoms with Gasteiger partial charge >= 0.3 is 0 Å². The van der Waals surface area contributed by atoms with Crippen molar-refractivity contribution in [3.63, 3.8) is 0 Å². The molecule has 116 valence electrons. The number of ketones is 1. The van der Waals surface area contributed by atoms with Gasteiger partial charge in [0, 0.05) is 30.8 Å². The van der Waals surface area contributed by atoms with Crippen LogP contribution < -0.4 is 0 Å². The molecule has 1 fully saturated rings. The molecule has 1 rings (SSSR count). The number of Topliss-reactive ketones (excluding diaryl/α,β-unsaturated/α-hetero) is 1. The van der Waals surface area contributed by atoms with Gasteiger partial charge in [0.25, 0.3) is 5.54 Å². The summed E-state index contributed by atoms with van der Waals surface area (Å²) in [6.07, 6.45) is 9.20. The van der Waals surface area contributed by atoms with Crippen LogP contribution in [0.3, 0.4) is 0 Å². The highest BCUT2D eigenvalue weighted by Gasteiger charge is 2.48. The standard InChI is InChI=1S/C15H27NO4/c17-13-9-12-15(16(19)20)11-8-6-4-2-1-3-5-7-10-14(15)18/h17H,1-13H2. The lowest BCUT2D eigenvalue weighted by Crippen LogP contribution is -2.46. The Morgan fingerprint density at radius 2 is 1.60 bits per heavy atom. The van der Waals surface area contributed by atoms with Gasteiger partial charge in [-0.1, -0.05) is 38.5 Å². The summed E-state index contributed by atoms with van der Waals surface area (Å²) < 4.78 is 0. The van der Waals surface area contributed by atoms with Crippen molar-refractivity contribution in [3.05, 3.63) is 10.1 Å². The predicted molar refractivity (Wildman–Crippen MR) is 77.2 cm³/mol. The molecule has 5 heteroatoms. The third-order valence-electron chi connectivity index (χ3n) is 4.36. The van der Waals surface area contributed by atoms with Gasteiger partial charge in [-0.25, -0.2) is 0 Å². The fourth-order valence-electron chi connectivity index (χ4n) is 3.06. The van der Waals surface area contributed by atoms with E-state index in [1.54, 1.807) is 0 Å². The van der Waals surface area contributed by atoms with Crippen LogP contribution in [0.1, 0.15) is 77.0 Å². The number of nitro groups is 1. The monoisotopic (exact) mass is 285 g/mol. The molecule has 0 saturated heterocycles. The smallest absolute Gasteiger partial charge is 0.279 e. The molecule has 0 radical (unpaired) electrons. The lowest BCUT2D eigenvalue weighted by molar-refractivity contribution is -0.555. The van der Waals surface area contributed by atoms with E-state index in [0.717, 1.165) is 38.5 Å². The molecule has 0 aliphatic heterocycles. The molecular weight excluding hydrogens is 258 g/mol. The summed E-state index contributed by atoms with van der Waals surface area (Å²) in [7, 11) is 0. The Labute approximate surface area is 120 Å². The number of carbonyl (C=O) groups is 1. The molecule has 0 bridgehead atoms. The van der Waals surface area contributed by atoms with Crippen molar-refractivity contribution in [2.75, 3.05) is 6.61 Å². The average Bonchev–Trinajstić information content (AvgIpc) is 2.42. The van der Waals surface area contributed by atoms with E-state index in [9.17, 15) is 14.9 Å². The van der Waals surface area contributed by atoms with E-state index in [0.29, 0.717) is 19.3 Å². The first-order valence-corrected chi connectivity index (χ1v) is 7.92. The maximum absolute atomic E-state index is 12.4. The van der Waals surface area contributed by atoms with Crippen LogP contribution in [0.25, 0.3) is 0 Å². The zero-order valence-corrected chi connectivity index (χ0v) is 12.3. The van der Waals surface area contributed by atoms with Crippen LogP contribution in [-0.4, -0.2) is 28.0 Å². The largest absolute Gasteiger partial charge is 0.396 e. The normalized spacial score (nSPS) is 26.6. The first-order valence-electron chi connectivity index (χ1n) is 7.92. The molecule has 0 aromatic rings. The van der Waals surface area contributed by atoms with Crippen LogP contribution in [-0.2, 0) is 4.79 Å². The first-order chi connectivity index (χ1) is 9.63. The SMILES string of the molecule is O=C1CCCCCCCCCCC1(CCCO)[N+](=O)[O-]. The minimum atomic E-state index is -1.44. The fourth-order valence-corrected chi connectivity index (χ4v) is 3.06. The van der Waals surface area contributed by atoms with Crippen LogP contribution in [0.5, 0.6) is 0 Å². The number of aliphatic hydroxyl groups excluding tert-OH is 1. The number of rotatable bonds is 4. The van der Waals surface area contributed by atoms with Crippen molar-refractivity contribution in [1.82, 2.24) is 0 Å². The van der Waals surface area contributed by atoms with E-state index in [-0.39, 0.29) is 23.7 Å². The van der Waals surface area contributed by atoms with Gasteiger partial charge in [0.05, 0.1) is 0 Å². The van der Waals surface area contributed by atoms with Crippen LogP contribution in [0.15, 0.2) is 0 Å². The Bertz CT molecular complexity index is 319. The summed E-state index contributed by atoms with van der Waals surface area (Å²) in [5.41, 5.74) is -1.44. The molecule has 1 N–H and O–H groups in total. The topological polar surface area (TPSA) is 80.4 Å². The summed E-state index contributed by atoms with van der Waals surface area (Å²) in [5, 5.41) is 20.5. The molecule has 1 aliphatic carbocycles. The van der Waals surface area contributed by atoms with E-state index in [1.807, 2.05) is 0 Å². The van der Waals surface area contributed by atoms with Crippen molar-refractivity contribution >= 4 is 5.78 Å².